The number of ether oxygens (including phenoxy) is 2. The van der Waals surface area contributed by atoms with Gasteiger partial charge < -0.3 is 14.6 Å². The summed E-state index contributed by atoms with van der Waals surface area (Å²) in [5.74, 6) is -0.822. The SMILES string of the molecule is COCc1cc(Cl)cc(OC)c1C(=O)O. The van der Waals surface area contributed by atoms with Crippen molar-refractivity contribution in [3.63, 3.8) is 0 Å². The Kier molecular flexibility index (Phi) is 3.94. The van der Waals surface area contributed by atoms with Crippen LogP contribution in [-0.4, -0.2) is 25.3 Å². The van der Waals surface area contributed by atoms with Crippen LogP contribution in [0.3, 0.4) is 0 Å². The van der Waals surface area contributed by atoms with Crippen LogP contribution >= 0.6 is 11.6 Å². The fraction of sp³-hybridized carbons (Fsp3) is 0.300. The average Bonchev–Trinajstić information content (AvgIpc) is 2.16. The first-order chi connectivity index (χ1) is 7.10. The van der Waals surface area contributed by atoms with Crippen molar-refractivity contribution in [1.82, 2.24) is 0 Å². The van der Waals surface area contributed by atoms with E-state index in [0.717, 1.165) is 0 Å². The molecule has 1 aromatic carbocycles. The van der Waals surface area contributed by atoms with Gasteiger partial charge in [-0.05, 0) is 17.7 Å². The van der Waals surface area contributed by atoms with Gasteiger partial charge in [-0.2, -0.15) is 0 Å². The van der Waals surface area contributed by atoms with Crippen molar-refractivity contribution in [2.75, 3.05) is 14.2 Å². The van der Waals surface area contributed by atoms with Gasteiger partial charge in [0.15, 0.2) is 0 Å². The fourth-order valence-electron chi connectivity index (χ4n) is 1.31. The Bertz CT molecular complexity index is 376. The molecule has 0 saturated heterocycles. The molecule has 0 amide bonds. The Morgan fingerprint density at radius 3 is 2.60 bits per heavy atom. The van der Waals surface area contributed by atoms with Crippen LogP contribution in [-0.2, 0) is 11.3 Å². The van der Waals surface area contributed by atoms with Crippen LogP contribution in [0.5, 0.6) is 5.75 Å². The van der Waals surface area contributed by atoms with E-state index < -0.39 is 5.97 Å². The van der Waals surface area contributed by atoms with Crippen molar-refractivity contribution in [1.29, 1.82) is 0 Å². The fourth-order valence-corrected chi connectivity index (χ4v) is 1.54. The van der Waals surface area contributed by atoms with Crippen molar-refractivity contribution in [2.24, 2.45) is 0 Å². The van der Waals surface area contributed by atoms with Gasteiger partial charge in [0.2, 0.25) is 0 Å². The maximum atomic E-state index is 11.0. The molecule has 0 aliphatic rings. The molecule has 0 unspecified atom stereocenters. The molecule has 0 aromatic heterocycles. The summed E-state index contributed by atoms with van der Waals surface area (Å²) in [7, 11) is 2.88. The number of hydrogen-bond donors (Lipinski definition) is 1. The van der Waals surface area contributed by atoms with E-state index in [1.807, 2.05) is 0 Å². The molecular weight excluding hydrogens is 220 g/mol. The lowest BCUT2D eigenvalue weighted by Gasteiger charge is -2.10. The Hall–Kier alpha value is -1.26. The quantitative estimate of drug-likeness (QED) is 0.862. The summed E-state index contributed by atoms with van der Waals surface area (Å²) >= 11 is 5.81. The molecule has 0 spiro atoms. The van der Waals surface area contributed by atoms with E-state index in [2.05, 4.69) is 0 Å². The molecule has 0 atom stereocenters. The van der Waals surface area contributed by atoms with Crippen LogP contribution < -0.4 is 4.74 Å². The van der Waals surface area contributed by atoms with Gasteiger partial charge >= 0.3 is 5.97 Å². The number of carboxylic acids is 1. The molecule has 15 heavy (non-hydrogen) atoms. The second-order valence-electron chi connectivity index (χ2n) is 2.88. The van der Waals surface area contributed by atoms with Gasteiger partial charge in [-0.1, -0.05) is 11.6 Å². The molecule has 1 rings (SSSR count). The van der Waals surface area contributed by atoms with Gasteiger partial charge in [-0.25, -0.2) is 4.79 Å². The molecular formula is C10H11ClO4. The number of benzene rings is 1. The molecule has 1 aromatic rings. The third kappa shape index (κ3) is 2.61. The van der Waals surface area contributed by atoms with Crippen molar-refractivity contribution in [3.05, 3.63) is 28.3 Å². The smallest absolute Gasteiger partial charge is 0.339 e. The van der Waals surface area contributed by atoms with Crippen LogP contribution in [0, 0.1) is 0 Å². The van der Waals surface area contributed by atoms with Gasteiger partial charge in [-0.15, -0.1) is 0 Å². The maximum Gasteiger partial charge on any atom is 0.339 e. The number of carbonyl (C=O) groups is 1. The van der Waals surface area contributed by atoms with Crippen molar-refractivity contribution in [2.45, 2.75) is 6.61 Å². The number of methoxy groups -OCH3 is 2. The summed E-state index contributed by atoms with van der Waals surface area (Å²) in [5.41, 5.74) is 0.582. The van der Waals surface area contributed by atoms with E-state index in [1.165, 1.54) is 20.3 Å². The molecule has 0 bridgehead atoms. The molecule has 82 valence electrons. The average molecular weight is 231 g/mol. The Morgan fingerprint density at radius 2 is 2.13 bits per heavy atom. The van der Waals surface area contributed by atoms with Crippen LogP contribution in [0.2, 0.25) is 5.02 Å². The Labute approximate surface area is 92.4 Å². The highest BCUT2D eigenvalue weighted by molar-refractivity contribution is 6.31. The minimum absolute atomic E-state index is 0.0868. The Morgan fingerprint density at radius 1 is 1.47 bits per heavy atom. The molecule has 0 aliphatic heterocycles. The summed E-state index contributed by atoms with van der Waals surface area (Å²) in [6.45, 7) is 0.179. The minimum atomic E-state index is -1.06. The van der Waals surface area contributed by atoms with Crippen LogP contribution in [0.25, 0.3) is 0 Å². The largest absolute Gasteiger partial charge is 0.496 e. The third-order valence-corrected chi connectivity index (χ3v) is 2.10. The van der Waals surface area contributed by atoms with Crippen LogP contribution in [0.4, 0.5) is 0 Å². The van der Waals surface area contributed by atoms with E-state index in [0.29, 0.717) is 10.6 Å². The number of halogens is 1. The molecule has 4 nitrogen and oxygen atoms in total. The molecule has 0 heterocycles. The van der Waals surface area contributed by atoms with Crippen molar-refractivity contribution < 1.29 is 19.4 Å². The Balaban J connectivity index is 3.33. The zero-order valence-corrected chi connectivity index (χ0v) is 9.17. The van der Waals surface area contributed by atoms with Gasteiger partial charge in [0.05, 0.1) is 13.7 Å². The molecule has 5 heteroatoms. The van der Waals surface area contributed by atoms with E-state index in [9.17, 15) is 4.79 Å². The van der Waals surface area contributed by atoms with E-state index in [-0.39, 0.29) is 17.9 Å². The van der Waals surface area contributed by atoms with Gasteiger partial charge in [0, 0.05) is 12.1 Å². The summed E-state index contributed by atoms with van der Waals surface area (Å²) in [5, 5.41) is 9.44. The second-order valence-corrected chi connectivity index (χ2v) is 3.32. The first-order valence-electron chi connectivity index (χ1n) is 4.18. The highest BCUT2D eigenvalue weighted by Crippen LogP contribution is 2.27. The lowest BCUT2D eigenvalue weighted by atomic mass is 10.1. The first-order valence-corrected chi connectivity index (χ1v) is 4.56. The standard InChI is InChI=1S/C10H11ClO4/c1-14-5-6-3-7(11)4-8(15-2)9(6)10(12)13/h3-4H,5H2,1-2H3,(H,12,13). The summed E-state index contributed by atoms with van der Waals surface area (Å²) in [6.07, 6.45) is 0. The zero-order chi connectivity index (χ0) is 11.4. The topological polar surface area (TPSA) is 55.8 Å². The molecule has 0 saturated carbocycles. The second kappa shape index (κ2) is 5.00. The molecule has 0 aliphatic carbocycles. The zero-order valence-electron chi connectivity index (χ0n) is 8.41. The molecule has 0 radical (unpaired) electrons. The van der Waals surface area contributed by atoms with E-state index in [4.69, 9.17) is 26.2 Å². The highest BCUT2D eigenvalue weighted by Gasteiger charge is 2.17. The van der Waals surface area contributed by atoms with Crippen molar-refractivity contribution in [3.8, 4) is 5.75 Å². The summed E-state index contributed by atoms with van der Waals surface area (Å²) < 4.78 is 9.85. The van der Waals surface area contributed by atoms with Crippen LogP contribution in [0.1, 0.15) is 15.9 Å². The normalized spacial score (nSPS) is 10.1. The number of hydrogen-bond acceptors (Lipinski definition) is 3. The van der Waals surface area contributed by atoms with E-state index >= 15 is 0 Å². The van der Waals surface area contributed by atoms with Gasteiger partial charge in [-0.3, -0.25) is 0 Å². The highest BCUT2D eigenvalue weighted by atomic mass is 35.5. The van der Waals surface area contributed by atoms with Gasteiger partial charge in [0.25, 0.3) is 0 Å². The summed E-state index contributed by atoms with van der Waals surface area (Å²) in [4.78, 5) is 11.0. The van der Waals surface area contributed by atoms with Gasteiger partial charge in [0.1, 0.15) is 11.3 Å². The van der Waals surface area contributed by atoms with Crippen molar-refractivity contribution >= 4 is 17.6 Å². The lowest BCUT2D eigenvalue weighted by molar-refractivity contribution is 0.0688. The monoisotopic (exact) mass is 230 g/mol. The first kappa shape index (κ1) is 11.8. The predicted molar refractivity (Wildman–Crippen MR) is 55.7 cm³/mol. The lowest BCUT2D eigenvalue weighted by Crippen LogP contribution is -2.06. The minimum Gasteiger partial charge on any atom is -0.496 e. The van der Waals surface area contributed by atoms with Crippen LogP contribution in [0.15, 0.2) is 12.1 Å². The number of rotatable bonds is 4. The van der Waals surface area contributed by atoms with E-state index in [1.54, 1.807) is 6.07 Å². The maximum absolute atomic E-state index is 11.0. The number of aromatic carboxylic acids is 1. The number of carboxylic acid groups (broad SMARTS) is 1. The molecule has 1 N–H and O–H groups in total. The summed E-state index contributed by atoms with van der Waals surface area (Å²) in [6, 6.07) is 3.02. The third-order valence-electron chi connectivity index (χ3n) is 1.88. The molecule has 0 fully saturated rings. The predicted octanol–water partition coefficient (Wildman–Crippen LogP) is 2.19.